The van der Waals surface area contributed by atoms with Gasteiger partial charge in [0.05, 0.1) is 5.57 Å². The number of halogens is 1. The Morgan fingerprint density at radius 2 is 1.77 bits per heavy atom. The number of benzene rings is 2. The second-order valence-corrected chi connectivity index (χ2v) is 6.47. The standard InChI is InChI=1S/C21H23ClN2O2/c1-15(23)8-13-20(16(2)22)21(25)24-14-17-9-11-19(12-10-17)26-18-6-4-3-5-7-18/h3-13,15H,14,23H2,1-2H3,(H,24,25)/b13-8-,20-16-. The van der Waals surface area contributed by atoms with Gasteiger partial charge in [-0.25, -0.2) is 0 Å². The van der Waals surface area contributed by atoms with E-state index in [-0.39, 0.29) is 11.9 Å². The van der Waals surface area contributed by atoms with Gasteiger partial charge >= 0.3 is 0 Å². The summed E-state index contributed by atoms with van der Waals surface area (Å²) in [6, 6.07) is 17.0. The minimum atomic E-state index is -0.237. The van der Waals surface area contributed by atoms with Crippen LogP contribution >= 0.6 is 11.6 Å². The van der Waals surface area contributed by atoms with Gasteiger partial charge in [0.15, 0.2) is 0 Å². The van der Waals surface area contributed by atoms with Crippen LogP contribution < -0.4 is 15.8 Å². The molecule has 4 nitrogen and oxygen atoms in total. The van der Waals surface area contributed by atoms with Gasteiger partial charge in [-0.2, -0.15) is 0 Å². The quantitative estimate of drug-likeness (QED) is 0.556. The summed E-state index contributed by atoms with van der Waals surface area (Å²) in [6.45, 7) is 3.90. The van der Waals surface area contributed by atoms with Gasteiger partial charge in [-0.15, -0.1) is 0 Å². The molecule has 0 aliphatic rings. The molecule has 136 valence electrons. The molecular formula is C21H23ClN2O2. The predicted molar refractivity (Wildman–Crippen MR) is 106 cm³/mol. The molecule has 0 aromatic heterocycles. The molecule has 1 amide bonds. The Kier molecular flexibility index (Phi) is 7.45. The molecule has 0 bridgehead atoms. The van der Waals surface area contributed by atoms with Gasteiger partial charge in [-0.05, 0) is 43.7 Å². The van der Waals surface area contributed by atoms with E-state index < -0.39 is 0 Å². The first kappa shape index (κ1) is 19.8. The fraction of sp³-hybridized carbons (Fsp3) is 0.190. The van der Waals surface area contributed by atoms with E-state index in [2.05, 4.69) is 5.32 Å². The first-order chi connectivity index (χ1) is 12.5. The molecule has 3 N–H and O–H groups in total. The van der Waals surface area contributed by atoms with Crippen molar-refractivity contribution in [3.63, 3.8) is 0 Å². The van der Waals surface area contributed by atoms with Crippen molar-refractivity contribution in [1.82, 2.24) is 5.32 Å². The van der Waals surface area contributed by atoms with E-state index in [1.54, 1.807) is 19.1 Å². The zero-order valence-corrected chi connectivity index (χ0v) is 15.7. The average molecular weight is 371 g/mol. The SMILES string of the molecule is C/C(Cl)=C(\C=C/C(C)N)C(=O)NCc1ccc(Oc2ccccc2)cc1. The second-order valence-electron chi connectivity index (χ2n) is 5.91. The van der Waals surface area contributed by atoms with Gasteiger partial charge in [0.1, 0.15) is 11.5 Å². The minimum absolute atomic E-state index is 0.147. The maximum atomic E-state index is 12.3. The summed E-state index contributed by atoms with van der Waals surface area (Å²) in [6.07, 6.45) is 3.38. The van der Waals surface area contributed by atoms with Crippen LogP contribution in [0.4, 0.5) is 0 Å². The fourth-order valence-corrected chi connectivity index (χ4v) is 2.32. The maximum Gasteiger partial charge on any atom is 0.252 e. The maximum absolute atomic E-state index is 12.3. The van der Waals surface area contributed by atoms with Gasteiger partial charge in [-0.3, -0.25) is 4.79 Å². The van der Waals surface area contributed by atoms with E-state index in [1.807, 2.05) is 61.5 Å². The fourth-order valence-electron chi connectivity index (χ4n) is 2.17. The first-order valence-electron chi connectivity index (χ1n) is 8.36. The number of rotatable bonds is 7. The summed E-state index contributed by atoms with van der Waals surface area (Å²) < 4.78 is 5.75. The van der Waals surface area contributed by atoms with E-state index in [9.17, 15) is 4.79 Å². The highest BCUT2D eigenvalue weighted by atomic mass is 35.5. The normalized spacial score (nSPS) is 13.2. The Balaban J connectivity index is 1.94. The molecule has 2 aromatic carbocycles. The highest BCUT2D eigenvalue weighted by Crippen LogP contribution is 2.21. The number of hydrogen-bond donors (Lipinski definition) is 2. The zero-order chi connectivity index (χ0) is 18.9. The number of carbonyl (C=O) groups is 1. The lowest BCUT2D eigenvalue weighted by molar-refractivity contribution is -0.117. The van der Waals surface area contributed by atoms with Crippen molar-refractivity contribution >= 4 is 17.5 Å². The molecule has 0 saturated heterocycles. The van der Waals surface area contributed by atoms with Crippen LogP contribution in [-0.2, 0) is 11.3 Å². The molecule has 0 fully saturated rings. The third-order valence-corrected chi connectivity index (χ3v) is 3.74. The number of nitrogens with two attached hydrogens (primary N) is 1. The Morgan fingerprint density at radius 3 is 2.35 bits per heavy atom. The molecule has 0 heterocycles. The van der Waals surface area contributed by atoms with Crippen molar-refractivity contribution < 1.29 is 9.53 Å². The van der Waals surface area contributed by atoms with Gasteiger partial charge in [0.2, 0.25) is 0 Å². The molecular weight excluding hydrogens is 348 g/mol. The monoisotopic (exact) mass is 370 g/mol. The molecule has 0 radical (unpaired) electrons. The molecule has 0 aliphatic carbocycles. The number of para-hydroxylation sites is 1. The molecule has 0 spiro atoms. The van der Waals surface area contributed by atoms with Crippen molar-refractivity contribution in [2.24, 2.45) is 5.73 Å². The molecule has 26 heavy (non-hydrogen) atoms. The molecule has 5 heteroatoms. The molecule has 0 aliphatic heterocycles. The Morgan fingerprint density at radius 1 is 1.15 bits per heavy atom. The lowest BCUT2D eigenvalue weighted by atomic mass is 10.1. The zero-order valence-electron chi connectivity index (χ0n) is 14.9. The number of ether oxygens (including phenoxy) is 1. The van der Waals surface area contributed by atoms with Crippen molar-refractivity contribution in [1.29, 1.82) is 0 Å². The van der Waals surface area contributed by atoms with Crippen LogP contribution in [0.1, 0.15) is 19.4 Å². The number of hydrogen-bond acceptors (Lipinski definition) is 3. The van der Waals surface area contributed by atoms with Crippen LogP contribution in [0.5, 0.6) is 11.5 Å². The lowest BCUT2D eigenvalue weighted by Gasteiger charge is -2.09. The third kappa shape index (κ3) is 6.39. The van der Waals surface area contributed by atoms with E-state index in [0.717, 1.165) is 17.1 Å². The number of allylic oxidation sites excluding steroid dienone is 1. The van der Waals surface area contributed by atoms with Crippen molar-refractivity contribution in [2.45, 2.75) is 26.4 Å². The summed E-state index contributed by atoms with van der Waals surface area (Å²) in [5.41, 5.74) is 7.05. The highest BCUT2D eigenvalue weighted by Gasteiger charge is 2.09. The van der Waals surface area contributed by atoms with Gasteiger partial charge in [0.25, 0.3) is 5.91 Å². The molecule has 1 atom stereocenters. The predicted octanol–water partition coefficient (Wildman–Crippen LogP) is 4.51. The summed E-state index contributed by atoms with van der Waals surface area (Å²) in [4.78, 5) is 12.3. The van der Waals surface area contributed by atoms with Crippen molar-refractivity contribution in [2.75, 3.05) is 0 Å². The van der Waals surface area contributed by atoms with E-state index in [1.165, 1.54) is 0 Å². The summed E-state index contributed by atoms with van der Waals surface area (Å²) in [5.74, 6) is 1.28. The number of carbonyl (C=O) groups excluding carboxylic acids is 1. The van der Waals surface area contributed by atoms with Crippen LogP contribution in [0.3, 0.4) is 0 Å². The van der Waals surface area contributed by atoms with E-state index >= 15 is 0 Å². The highest BCUT2D eigenvalue weighted by molar-refractivity contribution is 6.31. The Labute approximate surface area is 159 Å². The van der Waals surface area contributed by atoms with Crippen LogP contribution in [-0.4, -0.2) is 11.9 Å². The van der Waals surface area contributed by atoms with E-state index in [4.69, 9.17) is 22.1 Å². The van der Waals surface area contributed by atoms with Crippen molar-refractivity contribution in [3.8, 4) is 11.5 Å². The van der Waals surface area contributed by atoms with Crippen LogP contribution in [0.25, 0.3) is 0 Å². The number of amides is 1. The molecule has 1 unspecified atom stereocenters. The van der Waals surface area contributed by atoms with Crippen molar-refractivity contribution in [3.05, 3.63) is 82.9 Å². The minimum Gasteiger partial charge on any atom is -0.457 e. The van der Waals surface area contributed by atoms with E-state index in [0.29, 0.717) is 17.2 Å². The smallest absolute Gasteiger partial charge is 0.252 e. The first-order valence-corrected chi connectivity index (χ1v) is 8.73. The topological polar surface area (TPSA) is 64.4 Å². The van der Waals surface area contributed by atoms with Crippen LogP contribution in [0, 0.1) is 0 Å². The van der Waals surface area contributed by atoms with Crippen LogP contribution in [0.15, 0.2) is 77.4 Å². The van der Waals surface area contributed by atoms with Gasteiger partial charge in [0, 0.05) is 17.6 Å². The average Bonchev–Trinajstić information content (AvgIpc) is 2.61. The van der Waals surface area contributed by atoms with Gasteiger partial charge in [-0.1, -0.05) is 54.1 Å². The molecule has 2 aromatic rings. The summed E-state index contributed by atoms with van der Waals surface area (Å²) in [7, 11) is 0. The third-order valence-electron chi connectivity index (χ3n) is 3.54. The summed E-state index contributed by atoms with van der Waals surface area (Å²) in [5, 5.41) is 3.28. The Hall–Kier alpha value is -2.56. The summed E-state index contributed by atoms with van der Waals surface area (Å²) >= 11 is 6.01. The second kappa shape index (κ2) is 9.80. The largest absolute Gasteiger partial charge is 0.457 e. The van der Waals surface area contributed by atoms with Crippen LogP contribution in [0.2, 0.25) is 0 Å². The Bertz CT molecular complexity index is 777. The molecule has 0 saturated carbocycles. The van der Waals surface area contributed by atoms with Gasteiger partial charge < -0.3 is 15.8 Å². The number of nitrogens with one attached hydrogen (secondary N) is 1. The lowest BCUT2D eigenvalue weighted by Crippen LogP contribution is -2.24. The molecule has 2 rings (SSSR count).